The Bertz CT molecular complexity index is 1200. The van der Waals surface area contributed by atoms with Crippen molar-refractivity contribution in [1.29, 1.82) is 0 Å². The lowest BCUT2D eigenvalue weighted by Gasteiger charge is -2.28. The predicted molar refractivity (Wildman–Crippen MR) is 245 cm³/mol. The third kappa shape index (κ3) is 44.8. The third-order valence-electron chi connectivity index (χ3n) is 9.18. The summed E-state index contributed by atoms with van der Waals surface area (Å²) in [5.41, 5.74) is 0. The average Bonchev–Trinajstić information content (AvgIpc) is 3.18. The molecule has 9 heteroatoms. The van der Waals surface area contributed by atoms with Gasteiger partial charge in [0.25, 0.3) is 7.82 Å². The highest BCUT2D eigenvalue weighted by Crippen LogP contribution is 2.38. The molecule has 0 aromatic carbocycles. The molecule has 0 rings (SSSR count). The van der Waals surface area contributed by atoms with Gasteiger partial charge < -0.3 is 27.9 Å². The Kier molecular flexibility index (Phi) is 39.8. The lowest BCUT2D eigenvalue weighted by molar-refractivity contribution is -0.870. The number of phosphoric ester groups is 1. The monoisotopic (exact) mass is 832 g/mol. The van der Waals surface area contributed by atoms with Crippen molar-refractivity contribution in [2.75, 3.05) is 54.1 Å². The van der Waals surface area contributed by atoms with Crippen molar-refractivity contribution in [3.05, 3.63) is 85.1 Å². The van der Waals surface area contributed by atoms with E-state index in [0.29, 0.717) is 17.6 Å². The van der Waals surface area contributed by atoms with Crippen LogP contribution in [0.2, 0.25) is 0 Å². The van der Waals surface area contributed by atoms with Crippen LogP contribution in [-0.4, -0.2) is 70.7 Å². The number of phosphoric acid groups is 1. The van der Waals surface area contributed by atoms with Crippen molar-refractivity contribution in [2.45, 2.75) is 168 Å². The zero-order valence-electron chi connectivity index (χ0n) is 37.7. The molecular weight excluding hydrogens is 746 g/mol. The summed E-state index contributed by atoms with van der Waals surface area (Å²) < 4.78 is 34.6. The number of carbonyl (C=O) groups is 1. The van der Waals surface area contributed by atoms with E-state index in [0.717, 1.165) is 89.9 Å². The lowest BCUT2D eigenvalue weighted by Crippen LogP contribution is -2.37. The summed E-state index contributed by atoms with van der Waals surface area (Å²) in [6.45, 7) is 5.20. The number of rotatable bonds is 41. The number of quaternary nitrogens is 1. The van der Waals surface area contributed by atoms with Crippen LogP contribution in [0.5, 0.6) is 0 Å². The number of ether oxygens (including phenoxy) is 2. The van der Waals surface area contributed by atoms with Crippen LogP contribution in [0.4, 0.5) is 0 Å². The Morgan fingerprint density at radius 2 is 1.00 bits per heavy atom. The van der Waals surface area contributed by atoms with Crippen LogP contribution in [0.3, 0.4) is 0 Å². The SMILES string of the molecule is CC/C=C\C/C=C\C/C=C\C/C=C\C/C=C\C/C=C\CCCCCCC(=O)OC(COCCCCCCCC/C=C\CCCCC)COP(=O)([O-])OCC[N+](C)(C)C. The largest absolute Gasteiger partial charge is 0.756 e. The maximum atomic E-state index is 12.7. The molecule has 0 radical (unpaired) electrons. The third-order valence-corrected chi connectivity index (χ3v) is 10.1. The maximum absolute atomic E-state index is 12.7. The summed E-state index contributed by atoms with van der Waals surface area (Å²) in [4.78, 5) is 25.1. The molecule has 8 nitrogen and oxygen atoms in total. The first-order chi connectivity index (χ1) is 28.1. The minimum absolute atomic E-state index is 0.0150. The van der Waals surface area contributed by atoms with Gasteiger partial charge in [-0.05, 0) is 89.9 Å². The van der Waals surface area contributed by atoms with Gasteiger partial charge in [0.2, 0.25) is 0 Å². The first-order valence-corrected chi connectivity index (χ1v) is 24.3. The molecule has 0 amide bonds. The molecule has 58 heavy (non-hydrogen) atoms. The van der Waals surface area contributed by atoms with Crippen molar-refractivity contribution in [3.8, 4) is 0 Å². The van der Waals surface area contributed by atoms with Crippen molar-refractivity contribution in [3.63, 3.8) is 0 Å². The summed E-state index contributed by atoms with van der Waals surface area (Å²) in [6, 6.07) is 0. The Morgan fingerprint density at radius 1 is 0.552 bits per heavy atom. The van der Waals surface area contributed by atoms with Gasteiger partial charge >= 0.3 is 5.97 Å². The van der Waals surface area contributed by atoms with Crippen LogP contribution in [0.1, 0.15) is 162 Å². The molecular formula is C49H86NO7P. The van der Waals surface area contributed by atoms with Crippen LogP contribution in [0.15, 0.2) is 85.1 Å². The van der Waals surface area contributed by atoms with Gasteiger partial charge in [-0.2, -0.15) is 0 Å². The number of hydrogen-bond acceptors (Lipinski definition) is 7. The van der Waals surface area contributed by atoms with Crippen LogP contribution < -0.4 is 4.89 Å². The maximum Gasteiger partial charge on any atom is 0.306 e. The molecule has 0 bridgehead atoms. The van der Waals surface area contributed by atoms with E-state index in [1.807, 2.05) is 21.1 Å². The van der Waals surface area contributed by atoms with Gasteiger partial charge in [0.05, 0.1) is 34.4 Å². The fourth-order valence-electron chi connectivity index (χ4n) is 5.66. The summed E-state index contributed by atoms with van der Waals surface area (Å²) in [7, 11) is 1.32. The van der Waals surface area contributed by atoms with Crippen LogP contribution in [-0.2, 0) is 27.9 Å². The van der Waals surface area contributed by atoms with Crippen LogP contribution in [0, 0.1) is 0 Å². The van der Waals surface area contributed by atoms with Gasteiger partial charge in [0, 0.05) is 13.0 Å². The van der Waals surface area contributed by atoms with Gasteiger partial charge in [-0.1, -0.05) is 150 Å². The molecule has 0 aliphatic rings. The number of allylic oxidation sites excluding steroid dienone is 14. The normalized spacial score (nSPS) is 14.5. The van der Waals surface area contributed by atoms with Gasteiger partial charge in [-0.25, -0.2) is 0 Å². The van der Waals surface area contributed by atoms with Gasteiger partial charge in [0.1, 0.15) is 19.3 Å². The van der Waals surface area contributed by atoms with Gasteiger partial charge in [0.15, 0.2) is 0 Å². The van der Waals surface area contributed by atoms with E-state index < -0.39 is 13.9 Å². The minimum atomic E-state index is -4.54. The van der Waals surface area contributed by atoms with E-state index in [1.54, 1.807) is 0 Å². The number of unbranched alkanes of at least 4 members (excludes halogenated alkanes) is 13. The molecule has 0 fully saturated rings. The van der Waals surface area contributed by atoms with E-state index >= 15 is 0 Å². The number of nitrogens with zero attached hydrogens (tertiary/aromatic N) is 1. The Morgan fingerprint density at radius 3 is 1.52 bits per heavy atom. The van der Waals surface area contributed by atoms with E-state index in [9.17, 15) is 14.3 Å². The summed E-state index contributed by atoms with van der Waals surface area (Å²) in [5.74, 6) is -0.364. The molecule has 0 aromatic rings. The molecule has 0 heterocycles. The smallest absolute Gasteiger partial charge is 0.306 e. The summed E-state index contributed by atoms with van der Waals surface area (Å²) in [6.07, 6.45) is 54.5. The van der Waals surface area contributed by atoms with Crippen molar-refractivity contribution in [2.24, 2.45) is 0 Å². The zero-order chi connectivity index (χ0) is 42.7. The van der Waals surface area contributed by atoms with Crippen LogP contribution in [0.25, 0.3) is 0 Å². The fraction of sp³-hybridized carbons (Fsp3) is 0.694. The number of esters is 1. The van der Waals surface area contributed by atoms with Crippen molar-refractivity contribution in [1.82, 2.24) is 0 Å². The van der Waals surface area contributed by atoms with Crippen molar-refractivity contribution < 1.29 is 37.3 Å². The topological polar surface area (TPSA) is 94.1 Å². The molecule has 0 aliphatic carbocycles. The minimum Gasteiger partial charge on any atom is -0.756 e. The fourth-order valence-corrected chi connectivity index (χ4v) is 6.39. The highest BCUT2D eigenvalue weighted by molar-refractivity contribution is 7.45. The second-order valence-corrected chi connectivity index (χ2v) is 17.4. The zero-order valence-corrected chi connectivity index (χ0v) is 38.6. The molecule has 0 aliphatic heterocycles. The summed E-state index contributed by atoms with van der Waals surface area (Å²) >= 11 is 0. The van der Waals surface area contributed by atoms with Crippen LogP contribution >= 0.6 is 7.82 Å². The second-order valence-electron chi connectivity index (χ2n) is 16.0. The molecule has 0 saturated heterocycles. The van der Waals surface area contributed by atoms with E-state index in [2.05, 4.69) is 98.9 Å². The lowest BCUT2D eigenvalue weighted by atomic mass is 10.1. The van der Waals surface area contributed by atoms with E-state index in [4.69, 9.17) is 18.5 Å². The first-order valence-electron chi connectivity index (χ1n) is 22.8. The van der Waals surface area contributed by atoms with Gasteiger partial charge in [-0.15, -0.1) is 0 Å². The standard InChI is InChI=1S/C49H86NO7P/c1-6-8-10-12-14-16-18-20-21-22-23-24-25-26-27-28-29-30-32-34-36-38-40-42-49(51)57-48(47-56-58(52,53)55-45-43-50(3,4)5)46-54-44-41-39-37-35-33-31-19-17-15-13-11-9-7-2/h8,10,14-17,20-21,23-24,26-27,29-30,48H,6-7,9,11-13,18-19,22,25,28,31-47H2,1-5H3/b10-8-,16-14-,17-15-,21-20-,24-23-,27-26-,30-29-. The van der Waals surface area contributed by atoms with E-state index in [-0.39, 0.29) is 32.2 Å². The van der Waals surface area contributed by atoms with E-state index in [1.165, 1.54) is 51.4 Å². The second kappa shape index (κ2) is 41.4. The molecule has 2 unspecified atom stereocenters. The Hall–Kier alpha value is -2.32. The molecule has 0 spiro atoms. The molecule has 0 N–H and O–H groups in total. The first kappa shape index (κ1) is 55.7. The van der Waals surface area contributed by atoms with Crippen molar-refractivity contribution >= 4 is 13.8 Å². The summed E-state index contributed by atoms with van der Waals surface area (Å²) in [5, 5.41) is 0. The average molecular weight is 832 g/mol. The number of likely N-dealkylation sites (N-methyl/N-ethyl adjacent to an activating group) is 1. The molecule has 2 atom stereocenters. The predicted octanol–water partition coefficient (Wildman–Crippen LogP) is 13.0. The molecule has 0 aromatic heterocycles. The highest BCUT2D eigenvalue weighted by atomic mass is 31.2. The highest BCUT2D eigenvalue weighted by Gasteiger charge is 2.20. The number of carbonyl (C=O) groups excluding carboxylic acids is 1. The van der Waals surface area contributed by atoms with Gasteiger partial charge in [-0.3, -0.25) is 9.36 Å². The quantitative estimate of drug-likeness (QED) is 0.0199. The number of hydrogen-bond donors (Lipinski definition) is 0. The Balaban J connectivity index is 4.29. The molecule has 0 saturated carbocycles. The Labute approximate surface area is 356 Å². The molecule has 334 valence electrons.